The van der Waals surface area contributed by atoms with E-state index in [4.69, 9.17) is 16.9 Å². The van der Waals surface area contributed by atoms with Crippen molar-refractivity contribution in [1.82, 2.24) is 4.90 Å². The summed E-state index contributed by atoms with van der Waals surface area (Å²) < 4.78 is 0. The molecule has 112 valence electrons. The zero-order valence-electron chi connectivity index (χ0n) is 12.6. The fourth-order valence-electron chi connectivity index (χ4n) is 2.84. The molecule has 1 heterocycles. The number of hydrogen-bond acceptors (Lipinski definition) is 2. The van der Waals surface area contributed by atoms with Crippen LogP contribution in [0.1, 0.15) is 44.2 Å². The number of likely N-dealkylation sites (tertiary alicyclic amines) is 1. The predicted molar refractivity (Wildman–Crippen MR) is 83.8 cm³/mol. The average molecular weight is 305 g/mol. The molecule has 1 aliphatic rings. The molecule has 1 fully saturated rings. The van der Waals surface area contributed by atoms with Crippen molar-refractivity contribution in [3.05, 3.63) is 34.3 Å². The lowest BCUT2D eigenvalue weighted by atomic mass is 9.89. The Balaban J connectivity index is 2.08. The maximum atomic E-state index is 12.3. The minimum atomic E-state index is 0.207. The first-order valence-electron chi connectivity index (χ1n) is 7.47. The Morgan fingerprint density at radius 3 is 2.81 bits per heavy atom. The number of amides is 1. The summed E-state index contributed by atoms with van der Waals surface area (Å²) in [6, 6.07) is 7.33. The van der Waals surface area contributed by atoms with Gasteiger partial charge in [0, 0.05) is 24.5 Å². The van der Waals surface area contributed by atoms with E-state index in [1.165, 1.54) is 0 Å². The number of nitriles is 1. The van der Waals surface area contributed by atoms with E-state index in [0.29, 0.717) is 35.4 Å². The van der Waals surface area contributed by atoms with Crippen molar-refractivity contribution in [3.8, 4) is 6.07 Å². The van der Waals surface area contributed by atoms with Gasteiger partial charge in [-0.25, -0.2) is 0 Å². The number of halogens is 1. The number of nitrogens with zero attached hydrogens (tertiary/aromatic N) is 2. The summed E-state index contributed by atoms with van der Waals surface area (Å²) in [5.74, 6) is 1.45. The molecule has 1 saturated heterocycles. The summed E-state index contributed by atoms with van der Waals surface area (Å²) in [4.78, 5) is 14.2. The molecule has 1 amide bonds. The van der Waals surface area contributed by atoms with Crippen LogP contribution in [0, 0.1) is 23.2 Å². The van der Waals surface area contributed by atoms with Gasteiger partial charge in [0.1, 0.15) is 0 Å². The van der Waals surface area contributed by atoms with Gasteiger partial charge in [0.2, 0.25) is 5.91 Å². The van der Waals surface area contributed by atoms with Crippen LogP contribution in [0.4, 0.5) is 0 Å². The molecule has 1 atom stereocenters. The average Bonchev–Trinajstić information content (AvgIpc) is 2.64. The molecule has 3 nitrogen and oxygen atoms in total. The maximum Gasteiger partial charge on any atom is 0.222 e. The Morgan fingerprint density at radius 2 is 2.19 bits per heavy atom. The largest absolute Gasteiger partial charge is 0.338 e. The van der Waals surface area contributed by atoms with Gasteiger partial charge in [-0.3, -0.25) is 4.79 Å². The van der Waals surface area contributed by atoms with Gasteiger partial charge >= 0.3 is 0 Å². The van der Waals surface area contributed by atoms with Gasteiger partial charge in [-0.2, -0.15) is 5.26 Å². The number of benzene rings is 1. The Bertz CT molecular complexity index is 562. The lowest BCUT2D eigenvalue weighted by molar-refractivity contribution is -0.131. The summed E-state index contributed by atoms with van der Waals surface area (Å²) in [6.07, 6.45) is 2.65. The van der Waals surface area contributed by atoms with E-state index in [-0.39, 0.29) is 5.91 Å². The molecule has 1 aliphatic heterocycles. The topological polar surface area (TPSA) is 44.1 Å². The number of carbonyl (C=O) groups excluding carboxylic acids is 1. The molecule has 0 saturated carbocycles. The first kappa shape index (κ1) is 15.9. The summed E-state index contributed by atoms with van der Waals surface area (Å²) in [5.41, 5.74) is 1.46. The van der Waals surface area contributed by atoms with Gasteiger partial charge in [-0.1, -0.05) is 31.5 Å². The number of rotatable bonds is 3. The van der Waals surface area contributed by atoms with E-state index >= 15 is 0 Å². The van der Waals surface area contributed by atoms with Crippen molar-refractivity contribution in [2.75, 3.05) is 6.54 Å². The highest BCUT2D eigenvalue weighted by Gasteiger charge is 2.24. The third kappa shape index (κ3) is 3.98. The van der Waals surface area contributed by atoms with Crippen LogP contribution in [-0.4, -0.2) is 17.4 Å². The van der Waals surface area contributed by atoms with Gasteiger partial charge < -0.3 is 4.90 Å². The molecule has 1 aromatic carbocycles. The van der Waals surface area contributed by atoms with Gasteiger partial charge in [0.15, 0.2) is 0 Å². The fraction of sp³-hybridized carbons (Fsp3) is 0.529. The molecule has 0 N–H and O–H groups in total. The molecule has 4 heteroatoms. The van der Waals surface area contributed by atoms with Gasteiger partial charge in [0.25, 0.3) is 0 Å². The molecule has 2 rings (SSSR count). The summed E-state index contributed by atoms with van der Waals surface area (Å²) in [6.45, 7) is 5.77. The molecule has 0 bridgehead atoms. The van der Waals surface area contributed by atoms with Crippen molar-refractivity contribution in [2.24, 2.45) is 11.8 Å². The zero-order chi connectivity index (χ0) is 15.4. The quantitative estimate of drug-likeness (QED) is 0.847. The first-order valence-corrected chi connectivity index (χ1v) is 7.85. The van der Waals surface area contributed by atoms with E-state index in [1.54, 1.807) is 12.1 Å². The minimum absolute atomic E-state index is 0.207. The normalized spacial score (nSPS) is 19.5. The number of carbonyl (C=O) groups is 1. The van der Waals surface area contributed by atoms with Gasteiger partial charge in [-0.15, -0.1) is 0 Å². The highest BCUT2D eigenvalue weighted by atomic mass is 35.5. The van der Waals surface area contributed by atoms with E-state index < -0.39 is 0 Å². The van der Waals surface area contributed by atoms with Crippen molar-refractivity contribution in [1.29, 1.82) is 5.26 Å². The van der Waals surface area contributed by atoms with E-state index in [0.717, 1.165) is 24.9 Å². The van der Waals surface area contributed by atoms with E-state index in [1.807, 2.05) is 11.0 Å². The van der Waals surface area contributed by atoms with Crippen LogP contribution in [0.2, 0.25) is 5.02 Å². The monoisotopic (exact) mass is 304 g/mol. The maximum absolute atomic E-state index is 12.3. The van der Waals surface area contributed by atoms with Crippen LogP contribution in [-0.2, 0) is 11.3 Å². The summed E-state index contributed by atoms with van der Waals surface area (Å²) in [7, 11) is 0. The van der Waals surface area contributed by atoms with Crippen LogP contribution in [0.5, 0.6) is 0 Å². The second kappa shape index (κ2) is 6.95. The predicted octanol–water partition coefficient (Wildman–Crippen LogP) is 4.00. The highest BCUT2D eigenvalue weighted by Crippen LogP contribution is 2.27. The third-order valence-corrected chi connectivity index (χ3v) is 4.69. The molecular formula is C17H21ClN2O. The van der Waals surface area contributed by atoms with Crippen LogP contribution in [0.3, 0.4) is 0 Å². The van der Waals surface area contributed by atoms with Crippen molar-refractivity contribution < 1.29 is 4.79 Å². The Labute approximate surface area is 131 Å². The molecule has 21 heavy (non-hydrogen) atoms. The third-order valence-electron chi connectivity index (χ3n) is 4.34. The molecule has 0 aromatic heterocycles. The lowest BCUT2D eigenvalue weighted by Gasteiger charge is -2.22. The lowest BCUT2D eigenvalue weighted by Crippen LogP contribution is -2.30. The zero-order valence-corrected chi connectivity index (χ0v) is 13.4. The Morgan fingerprint density at radius 1 is 1.43 bits per heavy atom. The molecule has 0 spiro atoms. The summed E-state index contributed by atoms with van der Waals surface area (Å²) >= 11 is 6.21. The fourth-order valence-corrected chi connectivity index (χ4v) is 3.08. The van der Waals surface area contributed by atoms with Gasteiger partial charge in [-0.05, 0) is 42.4 Å². The molecule has 1 aromatic rings. The van der Waals surface area contributed by atoms with Crippen LogP contribution in [0.15, 0.2) is 18.2 Å². The second-order valence-electron chi connectivity index (χ2n) is 6.06. The standard InChI is InChI=1S/C17H21ClN2O/c1-12(2)14-5-6-17(21)20(8-7-14)11-15-4-3-13(10-19)9-16(15)18/h3-4,9,12,14H,5-8,11H2,1-2H3. The van der Waals surface area contributed by atoms with Crippen molar-refractivity contribution in [3.63, 3.8) is 0 Å². The molecule has 0 radical (unpaired) electrons. The van der Waals surface area contributed by atoms with Crippen LogP contribution >= 0.6 is 11.6 Å². The number of hydrogen-bond donors (Lipinski definition) is 0. The summed E-state index contributed by atoms with van der Waals surface area (Å²) in [5, 5.41) is 9.42. The second-order valence-corrected chi connectivity index (χ2v) is 6.47. The van der Waals surface area contributed by atoms with Crippen LogP contribution in [0.25, 0.3) is 0 Å². The Kier molecular flexibility index (Phi) is 5.25. The first-order chi connectivity index (χ1) is 10.0. The SMILES string of the molecule is CC(C)C1CCC(=O)N(Cc2ccc(C#N)cc2Cl)CC1. The smallest absolute Gasteiger partial charge is 0.222 e. The van der Waals surface area contributed by atoms with E-state index in [2.05, 4.69) is 19.9 Å². The Hall–Kier alpha value is -1.53. The molecule has 1 unspecified atom stereocenters. The van der Waals surface area contributed by atoms with Crippen LogP contribution < -0.4 is 0 Å². The van der Waals surface area contributed by atoms with Crippen molar-refractivity contribution in [2.45, 2.75) is 39.7 Å². The van der Waals surface area contributed by atoms with E-state index in [9.17, 15) is 4.79 Å². The molecular weight excluding hydrogens is 284 g/mol. The van der Waals surface area contributed by atoms with Gasteiger partial charge in [0.05, 0.1) is 11.6 Å². The minimum Gasteiger partial charge on any atom is -0.338 e. The molecule has 0 aliphatic carbocycles. The van der Waals surface area contributed by atoms with Crippen molar-refractivity contribution >= 4 is 17.5 Å². The highest BCUT2D eigenvalue weighted by molar-refractivity contribution is 6.31.